The Kier molecular flexibility index (Phi) is 8.23. The number of primary amides is 1. The molecule has 16 heavy (non-hydrogen) atoms. The van der Waals surface area contributed by atoms with E-state index < -0.39 is 0 Å². The molecule has 0 unspecified atom stereocenters. The highest BCUT2D eigenvalue weighted by atomic mass is 32.2. The Bertz CT molecular complexity index is 316. The summed E-state index contributed by atoms with van der Waals surface area (Å²) in [5.41, 5.74) is 4.90. The van der Waals surface area contributed by atoms with E-state index in [4.69, 9.17) is 10.9 Å². The number of carbonyl (C=O) groups is 1. The molecule has 1 heterocycles. The predicted octanol–water partition coefficient (Wildman–Crippen LogP) is 2.76. The van der Waals surface area contributed by atoms with Gasteiger partial charge in [0.1, 0.15) is 0 Å². The van der Waals surface area contributed by atoms with E-state index in [9.17, 15) is 9.18 Å². The topological polar surface area (TPSA) is 69.1 Å². The summed E-state index contributed by atoms with van der Waals surface area (Å²) in [5, 5.41) is 6.62. The van der Waals surface area contributed by atoms with Crippen LogP contribution >= 0.6 is 23.3 Å². The number of hydrogen-bond donors (Lipinski definition) is 2. The standard InChI is InChI=1S/C6H13NO.C4H4FNS2/c1-5(2)3-4-6(7)8;5-4-1-3(8-6)2-7-4/h5H,3-4H2,1-2H3,(H2,7,8);1-2H,6H2. The molecule has 1 amide bonds. The SMILES string of the molecule is CC(C)CCC(N)=O.NSc1csc(F)c1. The van der Waals surface area contributed by atoms with Crippen molar-refractivity contribution >= 4 is 29.2 Å². The van der Waals surface area contributed by atoms with E-state index in [1.807, 2.05) is 0 Å². The summed E-state index contributed by atoms with van der Waals surface area (Å²) in [5.74, 6) is 0.390. The van der Waals surface area contributed by atoms with Crippen molar-refractivity contribution in [1.82, 2.24) is 0 Å². The molecule has 0 radical (unpaired) electrons. The van der Waals surface area contributed by atoms with E-state index in [1.165, 1.54) is 6.07 Å². The molecule has 3 nitrogen and oxygen atoms in total. The molecule has 6 heteroatoms. The molecule has 92 valence electrons. The van der Waals surface area contributed by atoms with E-state index in [-0.39, 0.29) is 11.0 Å². The summed E-state index contributed by atoms with van der Waals surface area (Å²) in [6.07, 6.45) is 1.44. The first-order chi connectivity index (χ1) is 7.45. The van der Waals surface area contributed by atoms with Crippen LogP contribution in [-0.4, -0.2) is 5.91 Å². The maximum atomic E-state index is 12.1. The molecule has 0 aromatic carbocycles. The summed E-state index contributed by atoms with van der Waals surface area (Å²) < 4.78 is 12.1. The lowest BCUT2D eigenvalue weighted by Crippen LogP contribution is -2.10. The molecular weight excluding hydrogens is 247 g/mol. The molecule has 0 atom stereocenters. The van der Waals surface area contributed by atoms with Crippen molar-refractivity contribution in [3.63, 3.8) is 0 Å². The Morgan fingerprint density at radius 1 is 1.62 bits per heavy atom. The van der Waals surface area contributed by atoms with Gasteiger partial charge in [0.25, 0.3) is 0 Å². The molecule has 0 saturated heterocycles. The van der Waals surface area contributed by atoms with Gasteiger partial charge in [-0.05, 0) is 30.4 Å². The average Bonchev–Trinajstić information content (AvgIpc) is 2.62. The third-order valence-corrected chi connectivity index (χ3v) is 3.02. The lowest BCUT2D eigenvalue weighted by molar-refractivity contribution is -0.118. The fourth-order valence-electron chi connectivity index (χ4n) is 0.787. The van der Waals surface area contributed by atoms with Gasteiger partial charge in [-0.1, -0.05) is 13.8 Å². The number of halogens is 1. The van der Waals surface area contributed by atoms with Crippen LogP contribution in [0.1, 0.15) is 26.7 Å². The average molecular weight is 264 g/mol. The zero-order valence-corrected chi connectivity index (χ0v) is 11.0. The second kappa shape index (κ2) is 8.55. The molecule has 0 fully saturated rings. The van der Waals surface area contributed by atoms with Crippen LogP contribution in [-0.2, 0) is 4.79 Å². The van der Waals surface area contributed by atoms with Crippen molar-refractivity contribution < 1.29 is 9.18 Å². The van der Waals surface area contributed by atoms with Gasteiger partial charge in [0.15, 0.2) is 5.13 Å². The van der Waals surface area contributed by atoms with Crippen molar-refractivity contribution in [3.05, 3.63) is 16.6 Å². The second-order valence-corrected chi connectivity index (χ2v) is 5.17. The Morgan fingerprint density at radius 2 is 2.25 bits per heavy atom. The summed E-state index contributed by atoms with van der Waals surface area (Å²) in [6.45, 7) is 4.14. The molecule has 0 saturated carbocycles. The third kappa shape index (κ3) is 8.70. The number of carbonyl (C=O) groups excluding carboxylic acids is 1. The largest absolute Gasteiger partial charge is 0.370 e. The van der Waals surface area contributed by atoms with Gasteiger partial charge in [-0.2, -0.15) is 4.39 Å². The molecule has 1 aromatic heterocycles. The van der Waals surface area contributed by atoms with Crippen molar-refractivity contribution in [2.45, 2.75) is 31.6 Å². The second-order valence-electron chi connectivity index (χ2n) is 3.60. The minimum atomic E-state index is -0.196. The first-order valence-electron chi connectivity index (χ1n) is 4.84. The summed E-state index contributed by atoms with van der Waals surface area (Å²) in [6, 6.07) is 1.41. The lowest BCUT2D eigenvalue weighted by atomic mass is 10.1. The molecule has 0 aliphatic rings. The van der Waals surface area contributed by atoms with Gasteiger partial charge in [0.05, 0.1) is 0 Å². The molecule has 0 bridgehead atoms. The number of amides is 1. The first-order valence-corrected chi connectivity index (χ1v) is 6.60. The van der Waals surface area contributed by atoms with Crippen LogP contribution in [0.15, 0.2) is 16.3 Å². The van der Waals surface area contributed by atoms with Gasteiger partial charge >= 0.3 is 0 Å². The van der Waals surface area contributed by atoms with Crippen molar-refractivity contribution in [2.24, 2.45) is 16.8 Å². The Morgan fingerprint density at radius 3 is 2.44 bits per heavy atom. The molecule has 1 aromatic rings. The number of hydrogen-bond acceptors (Lipinski definition) is 4. The highest BCUT2D eigenvalue weighted by Crippen LogP contribution is 2.18. The van der Waals surface area contributed by atoms with Gasteiger partial charge < -0.3 is 5.73 Å². The third-order valence-electron chi connectivity index (χ3n) is 1.65. The van der Waals surface area contributed by atoms with Crippen LogP contribution in [0, 0.1) is 11.0 Å². The van der Waals surface area contributed by atoms with E-state index in [0.717, 1.165) is 34.6 Å². The Balaban J connectivity index is 0.000000281. The van der Waals surface area contributed by atoms with Crippen LogP contribution in [0.3, 0.4) is 0 Å². The minimum absolute atomic E-state index is 0.182. The number of rotatable bonds is 4. The fourth-order valence-corrected chi connectivity index (χ4v) is 1.89. The predicted molar refractivity (Wildman–Crippen MR) is 67.6 cm³/mol. The summed E-state index contributed by atoms with van der Waals surface area (Å²) in [4.78, 5) is 10.9. The van der Waals surface area contributed by atoms with Gasteiger partial charge in [-0.25, -0.2) is 0 Å². The van der Waals surface area contributed by atoms with Crippen LogP contribution in [0.4, 0.5) is 4.39 Å². The Labute approximate surface area is 104 Å². The molecule has 0 aliphatic heterocycles. The minimum Gasteiger partial charge on any atom is -0.370 e. The van der Waals surface area contributed by atoms with E-state index in [1.54, 1.807) is 5.38 Å². The molecule has 0 spiro atoms. The van der Waals surface area contributed by atoms with Gasteiger partial charge in [0.2, 0.25) is 5.91 Å². The van der Waals surface area contributed by atoms with Crippen molar-refractivity contribution in [2.75, 3.05) is 0 Å². The van der Waals surface area contributed by atoms with Crippen molar-refractivity contribution in [1.29, 1.82) is 0 Å². The number of nitrogens with two attached hydrogens (primary N) is 2. The zero-order valence-electron chi connectivity index (χ0n) is 9.40. The van der Waals surface area contributed by atoms with Gasteiger partial charge in [-0.3, -0.25) is 9.93 Å². The normalized spacial score (nSPS) is 9.81. The maximum absolute atomic E-state index is 12.1. The molecule has 4 N–H and O–H groups in total. The van der Waals surface area contributed by atoms with Gasteiger partial charge in [-0.15, -0.1) is 11.3 Å². The first kappa shape index (κ1) is 15.4. The molecule has 1 rings (SSSR count). The fraction of sp³-hybridized carbons (Fsp3) is 0.500. The maximum Gasteiger partial charge on any atom is 0.217 e. The monoisotopic (exact) mass is 264 g/mol. The summed E-state index contributed by atoms with van der Waals surface area (Å²) in [7, 11) is 0. The van der Waals surface area contributed by atoms with Crippen molar-refractivity contribution in [3.8, 4) is 0 Å². The lowest BCUT2D eigenvalue weighted by Gasteiger charge is -1.98. The smallest absolute Gasteiger partial charge is 0.217 e. The highest BCUT2D eigenvalue weighted by Gasteiger charge is 1.96. The highest BCUT2D eigenvalue weighted by molar-refractivity contribution is 7.97. The van der Waals surface area contributed by atoms with E-state index in [0.29, 0.717) is 12.3 Å². The van der Waals surface area contributed by atoms with Crippen LogP contribution < -0.4 is 10.9 Å². The van der Waals surface area contributed by atoms with Crippen LogP contribution in [0.2, 0.25) is 0 Å². The van der Waals surface area contributed by atoms with Crippen LogP contribution in [0.5, 0.6) is 0 Å². The quantitative estimate of drug-likeness (QED) is 0.822. The van der Waals surface area contributed by atoms with E-state index in [2.05, 4.69) is 13.8 Å². The molecular formula is C10H17FN2OS2. The van der Waals surface area contributed by atoms with Gasteiger partial charge in [0, 0.05) is 16.7 Å². The summed E-state index contributed by atoms with van der Waals surface area (Å²) >= 11 is 2.12. The van der Waals surface area contributed by atoms with Crippen LogP contribution in [0.25, 0.3) is 0 Å². The number of thiophene rings is 1. The Hall–Kier alpha value is -0.590. The molecule has 0 aliphatic carbocycles. The zero-order chi connectivity index (χ0) is 12.6. The van der Waals surface area contributed by atoms with E-state index >= 15 is 0 Å².